The van der Waals surface area contributed by atoms with E-state index in [9.17, 15) is 9.59 Å². The van der Waals surface area contributed by atoms with Crippen molar-refractivity contribution in [3.63, 3.8) is 0 Å². The van der Waals surface area contributed by atoms with E-state index in [-0.39, 0.29) is 24.8 Å². The number of esters is 1. The van der Waals surface area contributed by atoms with Crippen molar-refractivity contribution in [2.24, 2.45) is 0 Å². The number of carbonyl (C=O) groups excluding carboxylic acids is 2. The number of aromatic nitrogens is 1. The molecule has 32 heavy (non-hydrogen) atoms. The van der Waals surface area contributed by atoms with Gasteiger partial charge in [0.2, 0.25) is 5.78 Å². The molecule has 0 bridgehead atoms. The predicted octanol–water partition coefficient (Wildman–Crippen LogP) is 4.91. The zero-order valence-corrected chi connectivity index (χ0v) is 17.0. The third kappa shape index (κ3) is 3.98. The molecule has 0 amide bonds. The fraction of sp³-hybridized carbons (Fsp3) is 0.0769. The Morgan fingerprint density at radius 1 is 1.00 bits per heavy atom. The first-order valence-electron chi connectivity index (χ1n) is 10.1. The number of Topliss-reactive ketones (excluding diaryl/α,β-unsaturated/α-hetero) is 1. The van der Waals surface area contributed by atoms with E-state index in [0.29, 0.717) is 17.1 Å². The number of aromatic amines is 1. The summed E-state index contributed by atoms with van der Waals surface area (Å²) in [5.41, 5.74) is 3.21. The lowest BCUT2D eigenvalue weighted by Crippen LogP contribution is -2.14. The highest BCUT2D eigenvalue weighted by molar-refractivity contribution is 6.15. The van der Waals surface area contributed by atoms with Crippen molar-refractivity contribution in [2.45, 2.75) is 6.61 Å². The molecule has 4 aromatic rings. The third-order valence-electron chi connectivity index (χ3n) is 5.15. The molecule has 1 aromatic heterocycles. The zero-order chi connectivity index (χ0) is 21.9. The summed E-state index contributed by atoms with van der Waals surface area (Å²) in [4.78, 5) is 27.9. The lowest BCUT2D eigenvalue weighted by atomic mass is 10.1. The Kier molecular flexibility index (Phi) is 5.17. The highest BCUT2D eigenvalue weighted by Crippen LogP contribution is 2.35. The SMILES string of the molecule is O=C(COc1ccc2c(c1)OC(=Cc1c[nH]c3ccccc13)C2=O)OCc1ccccc1. The number of H-pyrrole nitrogens is 1. The summed E-state index contributed by atoms with van der Waals surface area (Å²) >= 11 is 0. The van der Waals surface area contributed by atoms with Crippen LogP contribution in [0, 0.1) is 0 Å². The van der Waals surface area contributed by atoms with E-state index in [2.05, 4.69) is 4.98 Å². The smallest absolute Gasteiger partial charge is 0.344 e. The van der Waals surface area contributed by atoms with Crippen LogP contribution in [0.25, 0.3) is 17.0 Å². The average Bonchev–Trinajstić information content (AvgIpc) is 3.38. The van der Waals surface area contributed by atoms with Gasteiger partial charge >= 0.3 is 5.97 Å². The largest absolute Gasteiger partial charge is 0.482 e. The van der Waals surface area contributed by atoms with Gasteiger partial charge < -0.3 is 19.2 Å². The molecule has 6 heteroatoms. The van der Waals surface area contributed by atoms with Gasteiger partial charge in [-0.05, 0) is 29.8 Å². The Hall–Kier alpha value is -4.32. The molecule has 2 heterocycles. The number of hydrogen-bond acceptors (Lipinski definition) is 5. The van der Waals surface area contributed by atoms with Gasteiger partial charge in [0.1, 0.15) is 18.1 Å². The summed E-state index contributed by atoms with van der Waals surface area (Å²) in [6.45, 7) is -0.0512. The molecule has 158 valence electrons. The van der Waals surface area contributed by atoms with Crippen LogP contribution >= 0.6 is 0 Å². The maximum atomic E-state index is 12.7. The highest BCUT2D eigenvalue weighted by Gasteiger charge is 2.28. The van der Waals surface area contributed by atoms with Crippen LogP contribution in [0.1, 0.15) is 21.5 Å². The molecule has 5 rings (SSSR count). The van der Waals surface area contributed by atoms with Crippen molar-refractivity contribution in [3.05, 3.63) is 101 Å². The van der Waals surface area contributed by atoms with Crippen LogP contribution in [0.3, 0.4) is 0 Å². The van der Waals surface area contributed by atoms with E-state index in [4.69, 9.17) is 14.2 Å². The minimum atomic E-state index is -0.480. The lowest BCUT2D eigenvalue weighted by Gasteiger charge is -2.08. The summed E-state index contributed by atoms with van der Waals surface area (Å²) in [6, 6.07) is 22.1. The molecule has 3 aromatic carbocycles. The maximum absolute atomic E-state index is 12.7. The van der Waals surface area contributed by atoms with Gasteiger partial charge in [-0.1, -0.05) is 48.5 Å². The lowest BCUT2D eigenvalue weighted by molar-refractivity contribution is -0.147. The molecule has 1 aliphatic rings. The van der Waals surface area contributed by atoms with Gasteiger partial charge in [-0.25, -0.2) is 4.79 Å². The molecule has 1 N–H and O–H groups in total. The van der Waals surface area contributed by atoms with Crippen molar-refractivity contribution in [2.75, 3.05) is 6.61 Å². The molecule has 0 saturated heterocycles. The minimum absolute atomic E-state index is 0.187. The minimum Gasteiger partial charge on any atom is -0.482 e. The molecule has 0 atom stereocenters. The molecule has 0 aliphatic carbocycles. The maximum Gasteiger partial charge on any atom is 0.344 e. The van der Waals surface area contributed by atoms with Crippen LogP contribution in [0.15, 0.2) is 84.8 Å². The number of nitrogens with one attached hydrogen (secondary N) is 1. The van der Waals surface area contributed by atoms with Crippen molar-refractivity contribution < 1.29 is 23.8 Å². The Balaban J connectivity index is 1.24. The number of para-hydroxylation sites is 1. The van der Waals surface area contributed by atoms with Gasteiger partial charge in [0.15, 0.2) is 12.4 Å². The first-order valence-corrected chi connectivity index (χ1v) is 10.1. The first-order chi connectivity index (χ1) is 15.7. The molecule has 0 spiro atoms. The number of allylic oxidation sites excluding steroid dienone is 1. The first kappa shape index (κ1) is 19.6. The van der Waals surface area contributed by atoms with Gasteiger partial charge in [0, 0.05) is 28.7 Å². The molecule has 0 fully saturated rings. The number of benzene rings is 3. The van der Waals surface area contributed by atoms with E-state index in [0.717, 1.165) is 22.0 Å². The zero-order valence-electron chi connectivity index (χ0n) is 17.0. The molecule has 0 saturated carbocycles. The molecular weight excluding hydrogens is 406 g/mol. The second-order valence-corrected chi connectivity index (χ2v) is 7.32. The van der Waals surface area contributed by atoms with Crippen LogP contribution in [0.4, 0.5) is 0 Å². The number of fused-ring (bicyclic) bond motifs is 2. The van der Waals surface area contributed by atoms with Gasteiger partial charge in [-0.15, -0.1) is 0 Å². The van der Waals surface area contributed by atoms with Crippen LogP contribution in [0.5, 0.6) is 11.5 Å². The van der Waals surface area contributed by atoms with Crippen molar-refractivity contribution in [1.82, 2.24) is 4.98 Å². The van der Waals surface area contributed by atoms with Crippen LogP contribution in [-0.2, 0) is 16.1 Å². The van der Waals surface area contributed by atoms with E-state index in [1.165, 1.54) is 0 Å². The Labute approximate surface area is 184 Å². The average molecular weight is 425 g/mol. The van der Waals surface area contributed by atoms with Crippen molar-refractivity contribution >= 4 is 28.7 Å². The summed E-state index contributed by atoms with van der Waals surface area (Å²) in [7, 11) is 0. The molecular formula is C26H19NO5. The Morgan fingerprint density at radius 3 is 2.69 bits per heavy atom. The number of ketones is 1. The molecule has 0 radical (unpaired) electrons. The topological polar surface area (TPSA) is 77.6 Å². The van der Waals surface area contributed by atoms with Gasteiger partial charge in [-0.3, -0.25) is 4.79 Å². The van der Waals surface area contributed by atoms with Crippen LogP contribution in [0.2, 0.25) is 0 Å². The number of ether oxygens (including phenoxy) is 3. The van der Waals surface area contributed by atoms with E-state index < -0.39 is 5.97 Å². The van der Waals surface area contributed by atoms with Crippen LogP contribution in [-0.4, -0.2) is 23.3 Å². The summed E-state index contributed by atoms with van der Waals surface area (Å²) < 4.78 is 16.5. The fourth-order valence-electron chi connectivity index (χ4n) is 3.53. The summed E-state index contributed by atoms with van der Waals surface area (Å²) in [5.74, 6) is 0.382. The monoisotopic (exact) mass is 425 g/mol. The Bertz CT molecular complexity index is 1340. The van der Waals surface area contributed by atoms with Crippen LogP contribution < -0.4 is 9.47 Å². The third-order valence-corrected chi connectivity index (χ3v) is 5.15. The van der Waals surface area contributed by atoms with E-state index in [1.54, 1.807) is 24.3 Å². The van der Waals surface area contributed by atoms with Gasteiger partial charge in [0.05, 0.1) is 5.56 Å². The second-order valence-electron chi connectivity index (χ2n) is 7.32. The standard InChI is InChI=1S/C26H19NO5/c28-25(31-15-17-6-2-1-3-7-17)16-30-19-10-11-21-23(13-19)32-24(26(21)29)12-18-14-27-22-9-5-4-8-20(18)22/h1-14,27H,15-16H2. The van der Waals surface area contributed by atoms with Gasteiger partial charge in [0.25, 0.3) is 0 Å². The summed E-state index contributed by atoms with van der Waals surface area (Å²) in [6.07, 6.45) is 3.57. The highest BCUT2D eigenvalue weighted by atomic mass is 16.6. The normalized spacial score (nSPS) is 13.8. The second kappa shape index (κ2) is 8.43. The molecule has 1 aliphatic heterocycles. The fourth-order valence-corrected chi connectivity index (χ4v) is 3.53. The van der Waals surface area contributed by atoms with E-state index >= 15 is 0 Å². The summed E-state index contributed by atoms with van der Waals surface area (Å²) in [5, 5.41) is 1.00. The molecule has 0 unspecified atom stereocenters. The Morgan fingerprint density at radius 2 is 1.81 bits per heavy atom. The van der Waals surface area contributed by atoms with E-state index in [1.807, 2.05) is 60.8 Å². The van der Waals surface area contributed by atoms with Crippen molar-refractivity contribution in [1.29, 1.82) is 0 Å². The van der Waals surface area contributed by atoms with Gasteiger partial charge in [-0.2, -0.15) is 0 Å². The number of hydrogen-bond donors (Lipinski definition) is 1. The number of rotatable bonds is 6. The quantitative estimate of drug-likeness (QED) is 0.351. The predicted molar refractivity (Wildman–Crippen MR) is 119 cm³/mol. The van der Waals surface area contributed by atoms with Crippen molar-refractivity contribution in [3.8, 4) is 11.5 Å². The number of carbonyl (C=O) groups is 2. The molecule has 6 nitrogen and oxygen atoms in total.